The van der Waals surface area contributed by atoms with Gasteiger partial charge in [0.05, 0.1) is 0 Å². The Balaban J connectivity index is 1.92. The van der Waals surface area contributed by atoms with Gasteiger partial charge in [-0.25, -0.2) is 0 Å². The first kappa shape index (κ1) is 17.7. The van der Waals surface area contributed by atoms with Crippen LogP contribution in [0.4, 0.5) is 0 Å². The van der Waals surface area contributed by atoms with Gasteiger partial charge < -0.3 is 0 Å². The van der Waals surface area contributed by atoms with Gasteiger partial charge in [0.2, 0.25) is 0 Å². The maximum absolute atomic E-state index is 5.89. The van der Waals surface area contributed by atoms with Crippen LogP contribution >= 0.6 is 0 Å². The molecule has 0 spiro atoms. The molecular weight excluding hydrogens is 600 g/mol. The van der Waals surface area contributed by atoms with E-state index in [1.807, 2.05) is 0 Å². The molecule has 2 aliphatic carbocycles. The van der Waals surface area contributed by atoms with Gasteiger partial charge in [-0.15, -0.1) is 0 Å². The monoisotopic (exact) mass is 626 g/mol. The molecule has 0 heterocycles. The normalized spacial score (nSPS) is 30.4. The number of hydrogen-bond acceptors (Lipinski definition) is 1. The van der Waals surface area contributed by atoms with Gasteiger partial charge in [0, 0.05) is 0 Å². The summed E-state index contributed by atoms with van der Waals surface area (Å²) in [5.74, 6) is 2.77. The Kier molecular flexibility index (Phi) is 7.50. The summed E-state index contributed by atoms with van der Waals surface area (Å²) in [6, 6.07) is 0. The summed E-state index contributed by atoms with van der Waals surface area (Å²) in [5, 5.41) is 0. The summed E-state index contributed by atoms with van der Waals surface area (Å²) in [6.07, 6.45) is 10.7. The minimum atomic E-state index is 0.738. The zero-order valence-electron chi connectivity index (χ0n) is 13.1. The second kappa shape index (κ2) is 8.88. The summed E-state index contributed by atoms with van der Waals surface area (Å²) in [5.41, 5.74) is 4.19. The Morgan fingerprint density at radius 2 is 1.67 bits per heavy atom. The second-order valence-corrected chi connectivity index (χ2v) is 8.29. The van der Waals surface area contributed by atoms with Gasteiger partial charge in [-0.1, -0.05) is 0 Å². The van der Waals surface area contributed by atoms with Crippen LogP contribution in [0.25, 0.3) is 0 Å². The molecule has 0 N–H and O–H groups in total. The van der Waals surface area contributed by atoms with Gasteiger partial charge in [-0.05, 0) is 0 Å². The minimum absolute atomic E-state index is 0.738. The molecule has 2 rings (SSSR count). The summed E-state index contributed by atoms with van der Waals surface area (Å²) >= 11 is 3.06. The molecule has 2 unspecified atom stereocenters. The molecule has 0 aromatic rings. The molecule has 116 valence electrons. The number of fused-ring (bicyclic) bond motifs is 1. The summed E-state index contributed by atoms with van der Waals surface area (Å²) in [4.78, 5) is 0. The molecule has 2 aliphatic rings. The Morgan fingerprint density at radius 3 is 2.19 bits per heavy atom. The van der Waals surface area contributed by atoms with Crippen molar-refractivity contribution in [3.05, 3.63) is 23.0 Å². The zero-order chi connectivity index (χ0) is 15.2. The summed E-state index contributed by atoms with van der Waals surface area (Å²) in [7, 11) is 0. The molecule has 0 aliphatic heterocycles. The van der Waals surface area contributed by atoms with Crippen molar-refractivity contribution < 1.29 is 43.4 Å². The van der Waals surface area contributed by atoms with Crippen LogP contribution in [-0.2, 0) is 43.4 Å². The third kappa shape index (κ3) is 4.94. The van der Waals surface area contributed by atoms with E-state index in [-0.39, 0.29) is 0 Å². The van der Waals surface area contributed by atoms with Crippen LogP contribution in [0.1, 0.15) is 52.4 Å². The first-order valence-electron chi connectivity index (χ1n) is 8.04. The van der Waals surface area contributed by atoms with E-state index in [1.54, 1.807) is 19.4 Å². The molecule has 21 heavy (non-hydrogen) atoms. The fraction of sp³-hybridized carbons (Fsp3) is 0.667. The van der Waals surface area contributed by atoms with Crippen LogP contribution in [0.15, 0.2) is 23.0 Å². The maximum atomic E-state index is 5.89. The molecule has 0 saturated heterocycles. The summed E-state index contributed by atoms with van der Waals surface area (Å²) in [6.45, 7) is 5.09. The van der Waals surface area contributed by atoms with Gasteiger partial charge in [-0.2, -0.15) is 0 Å². The Hall–Kier alpha value is 0.397. The van der Waals surface area contributed by atoms with Gasteiger partial charge in [0.15, 0.2) is 0 Å². The van der Waals surface area contributed by atoms with E-state index >= 15 is 0 Å². The van der Waals surface area contributed by atoms with Crippen LogP contribution in [0.3, 0.4) is 0 Å². The van der Waals surface area contributed by atoms with E-state index < -0.39 is 0 Å². The van der Waals surface area contributed by atoms with E-state index in [9.17, 15) is 0 Å². The topological polar surface area (TPSA) is 9.23 Å². The van der Waals surface area contributed by atoms with Crippen LogP contribution in [-0.4, -0.2) is 15.4 Å². The Morgan fingerprint density at radius 1 is 1.05 bits per heavy atom. The molecule has 0 aromatic heterocycles. The molecule has 2 saturated carbocycles. The van der Waals surface area contributed by atoms with Gasteiger partial charge >= 0.3 is 152 Å². The van der Waals surface area contributed by atoms with E-state index in [1.165, 1.54) is 74.6 Å². The second-order valence-electron chi connectivity index (χ2n) is 6.60. The van der Waals surface area contributed by atoms with Crippen molar-refractivity contribution >= 4 is 8.80 Å². The molecular formula is C18H26OW2. The molecule has 0 amide bonds. The fourth-order valence-electron chi connectivity index (χ4n) is 3.70. The van der Waals surface area contributed by atoms with Crippen LogP contribution < -0.4 is 0 Å². The van der Waals surface area contributed by atoms with Crippen molar-refractivity contribution in [2.24, 2.45) is 17.8 Å². The molecule has 3 heteroatoms. The first-order chi connectivity index (χ1) is 10.2. The number of hydrogen-bond donors (Lipinski definition) is 0. The predicted molar refractivity (Wildman–Crippen MR) is 82.7 cm³/mol. The van der Waals surface area contributed by atoms with Crippen LogP contribution in [0, 0.1) is 17.8 Å². The van der Waals surface area contributed by atoms with E-state index in [0.717, 1.165) is 24.4 Å². The van der Waals surface area contributed by atoms with Crippen LogP contribution in [0.2, 0.25) is 0 Å². The average Bonchev–Trinajstić information content (AvgIpc) is 2.94. The van der Waals surface area contributed by atoms with Gasteiger partial charge in [-0.3, -0.25) is 0 Å². The Labute approximate surface area is 151 Å². The standard InChI is InChI=1S/C18H26O.2W/c1-13(2)14(3)11-19-12-15(4)18-9-16-7-5-6-8-17(16)10-18;;/h1,4,12,16-18H,5-11H2,2-3H3;;/b14-13?,15-12-;;. The number of rotatable bonds is 6. The van der Waals surface area contributed by atoms with Crippen molar-refractivity contribution in [3.8, 4) is 0 Å². The van der Waals surface area contributed by atoms with Gasteiger partial charge in [0.1, 0.15) is 0 Å². The zero-order valence-corrected chi connectivity index (χ0v) is 19.0. The third-order valence-corrected chi connectivity index (χ3v) is 7.47. The average molecular weight is 626 g/mol. The van der Waals surface area contributed by atoms with Crippen molar-refractivity contribution in [1.29, 1.82) is 0 Å². The molecule has 0 bridgehead atoms. The molecule has 1 nitrogen and oxygen atoms in total. The number of ether oxygens (including phenoxy) is 1. The molecule has 2 fully saturated rings. The summed E-state index contributed by atoms with van der Waals surface area (Å²) < 4.78 is 10.5. The van der Waals surface area contributed by atoms with Crippen molar-refractivity contribution in [2.45, 2.75) is 52.4 Å². The molecule has 2 atom stereocenters. The predicted octanol–water partition coefficient (Wildman–Crippen LogP) is 4.14. The van der Waals surface area contributed by atoms with Crippen molar-refractivity contribution in [2.75, 3.05) is 6.61 Å². The molecule has 0 radical (unpaired) electrons. The van der Waals surface area contributed by atoms with Crippen LogP contribution in [0.5, 0.6) is 0 Å². The van der Waals surface area contributed by atoms with E-state index in [2.05, 4.69) is 28.9 Å². The van der Waals surface area contributed by atoms with E-state index in [0.29, 0.717) is 0 Å². The Bertz CT molecular complexity index is 436. The van der Waals surface area contributed by atoms with Crippen molar-refractivity contribution in [1.82, 2.24) is 0 Å². The molecule has 0 aromatic carbocycles. The van der Waals surface area contributed by atoms with Crippen molar-refractivity contribution in [3.63, 3.8) is 0 Å². The number of allylic oxidation sites excluding steroid dienone is 2. The fourth-order valence-corrected chi connectivity index (χ4v) is 5.32. The SMILES string of the molecule is CC([CH]=[W])=C(C)CO/C=C(/[CH]=[W])C1CC2CCCCC2C1. The quantitative estimate of drug-likeness (QED) is 0.404. The van der Waals surface area contributed by atoms with Gasteiger partial charge in [0.25, 0.3) is 0 Å². The van der Waals surface area contributed by atoms with E-state index in [4.69, 9.17) is 4.74 Å². The third-order valence-electron chi connectivity index (χ3n) is 5.22. The first-order valence-corrected chi connectivity index (χ1v) is 11.4.